The first kappa shape index (κ1) is 16.8. The first-order chi connectivity index (χ1) is 12.0. The molecule has 1 aromatic carbocycles. The lowest BCUT2D eigenvalue weighted by atomic mass is 10.0. The number of nitrogens with one attached hydrogen (secondary N) is 3. The van der Waals surface area contributed by atoms with E-state index in [2.05, 4.69) is 26.0 Å². The number of H-pyrrole nitrogens is 3. The number of aliphatic imine (C=N–C) groups is 1. The highest BCUT2D eigenvalue weighted by molar-refractivity contribution is 6.00. The molecule has 0 aliphatic rings. The van der Waals surface area contributed by atoms with E-state index < -0.39 is 17.1 Å². The number of aromatic amines is 3. The zero-order valence-electron chi connectivity index (χ0n) is 14.1. The molecule has 7 nitrogen and oxygen atoms in total. The Kier molecular flexibility index (Phi) is 4.56. The third-order valence-electron chi connectivity index (χ3n) is 4.26. The van der Waals surface area contributed by atoms with Crippen molar-refractivity contribution in [3.63, 3.8) is 0 Å². The Morgan fingerprint density at radius 3 is 2.72 bits per heavy atom. The van der Waals surface area contributed by atoms with E-state index in [0.717, 1.165) is 22.9 Å². The van der Waals surface area contributed by atoms with Crippen molar-refractivity contribution >= 4 is 16.6 Å². The molecule has 2 heterocycles. The average molecular weight is 340 g/mol. The number of aromatic hydroxyl groups is 1. The van der Waals surface area contributed by atoms with Gasteiger partial charge in [-0.1, -0.05) is 25.1 Å². The maximum absolute atomic E-state index is 11.9. The van der Waals surface area contributed by atoms with Crippen molar-refractivity contribution in [2.45, 2.75) is 32.7 Å². The van der Waals surface area contributed by atoms with Crippen LogP contribution in [0.4, 0.5) is 0 Å². The van der Waals surface area contributed by atoms with Gasteiger partial charge in [-0.15, -0.1) is 0 Å². The fraction of sp³-hybridized carbons (Fsp3) is 0.278. The largest absolute Gasteiger partial charge is 0.494 e. The maximum Gasteiger partial charge on any atom is 0.328 e. The summed E-state index contributed by atoms with van der Waals surface area (Å²) in [5.74, 6) is -0.461. The van der Waals surface area contributed by atoms with Gasteiger partial charge < -0.3 is 10.1 Å². The van der Waals surface area contributed by atoms with E-state index in [1.165, 1.54) is 0 Å². The van der Waals surface area contributed by atoms with Crippen LogP contribution in [0.15, 0.2) is 45.0 Å². The minimum absolute atomic E-state index is 0.00280. The number of para-hydroxylation sites is 1. The van der Waals surface area contributed by atoms with Crippen LogP contribution in [0.2, 0.25) is 0 Å². The van der Waals surface area contributed by atoms with Gasteiger partial charge in [0.1, 0.15) is 5.56 Å². The zero-order chi connectivity index (χ0) is 18.0. The van der Waals surface area contributed by atoms with Crippen molar-refractivity contribution < 1.29 is 5.11 Å². The van der Waals surface area contributed by atoms with Crippen LogP contribution < -0.4 is 11.2 Å². The molecule has 0 aliphatic heterocycles. The predicted octanol–water partition coefficient (Wildman–Crippen LogP) is 2.08. The molecule has 3 rings (SSSR count). The van der Waals surface area contributed by atoms with Crippen LogP contribution in [0, 0.1) is 0 Å². The van der Waals surface area contributed by atoms with E-state index in [1.807, 2.05) is 31.3 Å². The summed E-state index contributed by atoms with van der Waals surface area (Å²) in [4.78, 5) is 35.3. The molecule has 3 aromatic rings. The predicted molar refractivity (Wildman–Crippen MR) is 97.6 cm³/mol. The topological polar surface area (TPSA) is 114 Å². The summed E-state index contributed by atoms with van der Waals surface area (Å²) in [6, 6.07) is 8.00. The monoisotopic (exact) mass is 340 g/mol. The second kappa shape index (κ2) is 6.80. The smallest absolute Gasteiger partial charge is 0.328 e. The van der Waals surface area contributed by atoms with Gasteiger partial charge in [-0.25, -0.2) is 4.79 Å². The SMILES string of the molecule is CC[C@H](Cc1c[nH]c2ccccc12)N=C(C)c1c(O)[nH]c(=O)[nH]c1=O. The quantitative estimate of drug-likeness (QED) is 0.533. The van der Waals surface area contributed by atoms with Crippen LogP contribution in [0.1, 0.15) is 31.4 Å². The van der Waals surface area contributed by atoms with Gasteiger partial charge in [0.2, 0.25) is 5.88 Å². The molecule has 0 unspecified atom stereocenters. The fourth-order valence-electron chi connectivity index (χ4n) is 2.98. The Labute approximate surface area is 143 Å². The molecule has 2 aromatic heterocycles. The lowest BCUT2D eigenvalue weighted by Crippen LogP contribution is -2.27. The van der Waals surface area contributed by atoms with Gasteiger partial charge in [0, 0.05) is 17.1 Å². The van der Waals surface area contributed by atoms with Gasteiger partial charge in [0.15, 0.2) is 0 Å². The van der Waals surface area contributed by atoms with Crippen molar-refractivity contribution in [1.29, 1.82) is 0 Å². The Morgan fingerprint density at radius 1 is 1.24 bits per heavy atom. The zero-order valence-corrected chi connectivity index (χ0v) is 14.1. The molecule has 25 heavy (non-hydrogen) atoms. The number of hydrogen-bond donors (Lipinski definition) is 4. The lowest BCUT2D eigenvalue weighted by Gasteiger charge is -2.12. The number of fused-ring (bicyclic) bond motifs is 1. The maximum atomic E-state index is 11.9. The fourth-order valence-corrected chi connectivity index (χ4v) is 2.98. The minimum atomic E-state index is -0.745. The Balaban J connectivity index is 1.92. The Bertz CT molecular complexity index is 1040. The summed E-state index contributed by atoms with van der Waals surface area (Å²) < 4.78 is 0. The number of hydrogen-bond acceptors (Lipinski definition) is 4. The molecule has 7 heteroatoms. The molecular weight excluding hydrogens is 320 g/mol. The van der Waals surface area contributed by atoms with Crippen molar-refractivity contribution in [2.24, 2.45) is 4.99 Å². The van der Waals surface area contributed by atoms with Crippen LogP contribution in [0.3, 0.4) is 0 Å². The van der Waals surface area contributed by atoms with Crippen LogP contribution in [0.25, 0.3) is 10.9 Å². The normalized spacial score (nSPS) is 13.3. The Morgan fingerprint density at radius 2 is 2.00 bits per heavy atom. The number of nitrogens with zero attached hydrogens (tertiary/aromatic N) is 1. The molecule has 0 fully saturated rings. The summed E-state index contributed by atoms with van der Waals surface area (Å²) in [7, 11) is 0. The summed E-state index contributed by atoms with van der Waals surface area (Å²) in [5, 5.41) is 11.0. The molecule has 0 saturated carbocycles. The van der Waals surface area contributed by atoms with E-state index in [4.69, 9.17) is 0 Å². The van der Waals surface area contributed by atoms with E-state index in [9.17, 15) is 14.7 Å². The third-order valence-corrected chi connectivity index (χ3v) is 4.26. The van der Waals surface area contributed by atoms with Gasteiger partial charge in [0.05, 0.1) is 11.8 Å². The first-order valence-corrected chi connectivity index (χ1v) is 8.15. The van der Waals surface area contributed by atoms with Gasteiger partial charge in [-0.3, -0.25) is 19.8 Å². The second-order valence-corrected chi connectivity index (χ2v) is 5.97. The summed E-state index contributed by atoms with van der Waals surface area (Å²) in [6.07, 6.45) is 3.46. The highest BCUT2D eigenvalue weighted by Crippen LogP contribution is 2.21. The summed E-state index contributed by atoms with van der Waals surface area (Å²) in [5.41, 5.74) is 1.22. The van der Waals surface area contributed by atoms with E-state index >= 15 is 0 Å². The molecule has 0 spiro atoms. The van der Waals surface area contributed by atoms with Crippen LogP contribution >= 0.6 is 0 Å². The van der Waals surface area contributed by atoms with Crippen molar-refractivity contribution in [3.05, 3.63) is 62.4 Å². The minimum Gasteiger partial charge on any atom is -0.494 e. The van der Waals surface area contributed by atoms with Crippen molar-refractivity contribution in [2.75, 3.05) is 0 Å². The number of benzene rings is 1. The molecule has 0 amide bonds. The molecule has 0 aliphatic carbocycles. The van der Waals surface area contributed by atoms with Gasteiger partial charge in [0.25, 0.3) is 5.56 Å². The van der Waals surface area contributed by atoms with Crippen LogP contribution in [-0.2, 0) is 6.42 Å². The summed E-state index contributed by atoms with van der Waals surface area (Å²) in [6.45, 7) is 3.67. The van der Waals surface area contributed by atoms with Gasteiger partial charge >= 0.3 is 5.69 Å². The van der Waals surface area contributed by atoms with Gasteiger partial charge in [-0.05, 0) is 31.4 Å². The molecule has 0 radical (unpaired) electrons. The molecule has 130 valence electrons. The number of rotatable bonds is 5. The second-order valence-electron chi connectivity index (χ2n) is 5.97. The van der Waals surface area contributed by atoms with E-state index in [0.29, 0.717) is 12.1 Å². The molecule has 1 atom stereocenters. The number of aromatic nitrogens is 3. The molecular formula is C18H20N4O3. The summed E-state index contributed by atoms with van der Waals surface area (Å²) >= 11 is 0. The van der Waals surface area contributed by atoms with E-state index in [1.54, 1.807) is 6.92 Å². The highest BCUT2D eigenvalue weighted by Gasteiger charge is 2.15. The first-order valence-electron chi connectivity index (χ1n) is 8.15. The highest BCUT2D eigenvalue weighted by atomic mass is 16.3. The standard InChI is InChI=1S/C18H20N4O3/c1-3-12(8-11-9-19-14-7-5-4-6-13(11)14)20-10(2)15-16(23)21-18(25)22-17(15)24/h4-7,9,12,19H,3,8H2,1-2H3,(H3,21,22,23,24,25)/t12-/m1/s1. The van der Waals surface area contributed by atoms with Crippen molar-refractivity contribution in [1.82, 2.24) is 15.0 Å². The van der Waals surface area contributed by atoms with Crippen molar-refractivity contribution in [3.8, 4) is 5.88 Å². The average Bonchev–Trinajstić information content (AvgIpc) is 2.96. The van der Waals surface area contributed by atoms with E-state index in [-0.39, 0.29) is 11.6 Å². The molecule has 0 bridgehead atoms. The molecule has 4 N–H and O–H groups in total. The lowest BCUT2D eigenvalue weighted by molar-refractivity contribution is 0.447. The third kappa shape index (κ3) is 3.40. The molecule has 0 saturated heterocycles. The Hall–Kier alpha value is -3.09. The van der Waals surface area contributed by atoms with Gasteiger partial charge in [-0.2, -0.15) is 0 Å². The van der Waals surface area contributed by atoms with Crippen LogP contribution in [0.5, 0.6) is 5.88 Å². The van der Waals surface area contributed by atoms with Crippen LogP contribution in [-0.4, -0.2) is 31.8 Å².